The zero-order valence-electron chi connectivity index (χ0n) is 12.6. The Hall–Kier alpha value is -0.880. The average molecular weight is 300 g/mol. The second-order valence-electron chi connectivity index (χ2n) is 5.85. The van der Waals surface area contributed by atoms with Gasteiger partial charge in [0.25, 0.3) is 0 Å². The maximum absolute atomic E-state index is 11.3. The molecule has 2 heterocycles. The first-order valence-corrected chi connectivity index (χ1v) is 9.28. The van der Waals surface area contributed by atoms with Gasteiger partial charge in [-0.3, -0.25) is 4.90 Å². The summed E-state index contributed by atoms with van der Waals surface area (Å²) in [6.07, 6.45) is 4.16. The SMILES string of the molecule is CCCc1nc(C)c(CN2CCC(CS(C)(=O)=O)C2)o1. The van der Waals surface area contributed by atoms with E-state index in [9.17, 15) is 8.42 Å². The Morgan fingerprint density at radius 2 is 2.20 bits per heavy atom. The first-order chi connectivity index (χ1) is 9.37. The average Bonchev–Trinajstić information content (AvgIpc) is 2.86. The largest absolute Gasteiger partial charge is 0.444 e. The molecule has 6 heteroatoms. The third-order valence-corrected chi connectivity index (χ3v) is 4.75. The Balaban J connectivity index is 1.92. The van der Waals surface area contributed by atoms with Crippen LogP contribution in [0.1, 0.15) is 37.1 Å². The normalized spacial score (nSPS) is 20.6. The molecule has 5 nitrogen and oxygen atoms in total. The van der Waals surface area contributed by atoms with Crippen LogP contribution in [0.15, 0.2) is 4.42 Å². The van der Waals surface area contributed by atoms with Crippen molar-refractivity contribution < 1.29 is 12.8 Å². The van der Waals surface area contributed by atoms with Gasteiger partial charge in [0.15, 0.2) is 5.89 Å². The molecule has 114 valence electrons. The molecule has 1 fully saturated rings. The van der Waals surface area contributed by atoms with Gasteiger partial charge in [-0.2, -0.15) is 0 Å². The van der Waals surface area contributed by atoms with Gasteiger partial charge in [0.1, 0.15) is 15.6 Å². The highest BCUT2D eigenvalue weighted by Gasteiger charge is 2.26. The number of sulfone groups is 1. The predicted octanol–water partition coefficient (Wildman–Crippen LogP) is 1.80. The van der Waals surface area contributed by atoms with Gasteiger partial charge < -0.3 is 4.42 Å². The Labute approximate surface area is 121 Å². The topological polar surface area (TPSA) is 63.4 Å². The maximum atomic E-state index is 11.3. The molecule has 0 N–H and O–H groups in total. The van der Waals surface area contributed by atoms with Gasteiger partial charge in [0.05, 0.1) is 18.0 Å². The molecule has 2 rings (SSSR count). The summed E-state index contributed by atoms with van der Waals surface area (Å²) in [6, 6.07) is 0. The molecule has 1 saturated heterocycles. The Morgan fingerprint density at radius 3 is 2.85 bits per heavy atom. The van der Waals surface area contributed by atoms with Crippen LogP contribution in [0.2, 0.25) is 0 Å². The molecule has 0 bridgehead atoms. The fraction of sp³-hybridized carbons (Fsp3) is 0.786. The summed E-state index contributed by atoms with van der Waals surface area (Å²) < 4.78 is 28.5. The molecular weight excluding hydrogens is 276 g/mol. The second-order valence-corrected chi connectivity index (χ2v) is 8.03. The van der Waals surface area contributed by atoms with Gasteiger partial charge in [0.2, 0.25) is 0 Å². The lowest BCUT2D eigenvalue weighted by molar-refractivity contribution is 0.283. The van der Waals surface area contributed by atoms with E-state index in [0.717, 1.165) is 56.2 Å². The summed E-state index contributed by atoms with van der Waals surface area (Å²) >= 11 is 0. The molecule has 20 heavy (non-hydrogen) atoms. The lowest BCUT2D eigenvalue weighted by Gasteiger charge is -2.14. The van der Waals surface area contributed by atoms with Crippen LogP contribution >= 0.6 is 0 Å². The minimum absolute atomic E-state index is 0.253. The highest BCUT2D eigenvalue weighted by atomic mass is 32.2. The van der Waals surface area contributed by atoms with E-state index in [-0.39, 0.29) is 5.92 Å². The first kappa shape index (κ1) is 15.5. The quantitative estimate of drug-likeness (QED) is 0.801. The fourth-order valence-electron chi connectivity index (χ4n) is 2.78. The first-order valence-electron chi connectivity index (χ1n) is 7.22. The van der Waals surface area contributed by atoms with E-state index in [1.807, 2.05) is 6.92 Å². The van der Waals surface area contributed by atoms with Gasteiger partial charge in [-0.25, -0.2) is 13.4 Å². The molecule has 1 aliphatic rings. The van der Waals surface area contributed by atoms with Crippen LogP contribution in [0.5, 0.6) is 0 Å². The molecule has 1 aliphatic heterocycles. The molecule has 0 amide bonds. The van der Waals surface area contributed by atoms with Crippen molar-refractivity contribution in [3.8, 4) is 0 Å². The highest BCUT2D eigenvalue weighted by molar-refractivity contribution is 7.90. The van der Waals surface area contributed by atoms with Crippen molar-refractivity contribution in [3.63, 3.8) is 0 Å². The van der Waals surface area contributed by atoms with Crippen molar-refractivity contribution in [3.05, 3.63) is 17.3 Å². The molecule has 0 aliphatic carbocycles. The van der Waals surface area contributed by atoms with Crippen molar-refractivity contribution in [2.45, 2.75) is 39.7 Å². The van der Waals surface area contributed by atoms with Crippen LogP contribution in [-0.2, 0) is 22.8 Å². The molecule has 0 spiro atoms. The molecule has 0 aromatic carbocycles. The predicted molar refractivity (Wildman–Crippen MR) is 78.3 cm³/mol. The van der Waals surface area contributed by atoms with E-state index in [0.29, 0.717) is 5.75 Å². The minimum atomic E-state index is -2.88. The summed E-state index contributed by atoms with van der Waals surface area (Å²) in [6.45, 7) is 6.58. The molecule has 0 saturated carbocycles. The van der Waals surface area contributed by atoms with E-state index in [2.05, 4.69) is 16.8 Å². The second kappa shape index (κ2) is 6.26. The molecule has 1 atom stereocenters. The van der Waals surface area contributed by atoms with Gasteiger partial charge in [-0.05, 0) is 32.2 Å². The molecular formula is C14H24N2O3S. The number of aromatic nitrogens is 1. The summed E-state index contributed by atoms with van der Waals surface area (Å²) in [7, 11) is -2.88. The number of hydrogen-bond acceptors (Lipinski definition) is 5. The monoisotopic (exact) mass is 300 g/mol. The Morgan fingerprint density at radius 1 is 1.45 bits per heavy atom. The lowest BCUT2D eigenvalue weighted by Crippen LogP contribution is -2.22. The van der Waals surface area contributed by atoms with Crippen LogP contribution in [0.4, 0.5) is 0 Å². The van der Waals surface area contributed by atoms with E-state index in [1.165, 1.54) is 6.26 Å². The van der Waals surface area contributed by atoms with Gasteiger partial charge in [-0.1, -0.05) is 6.92 Å². The molecule has 1 unspecified atom stereocenters. The lowest BCUT2D eigenvalue weighted by atomic mass is 10.2. The highest BCUT2D eigenvalue weighted by Crippen LogP contribution is 2.22. The molecule has 0 radical (unpaired) electrons. The number of aryl methyl sites for hydroxylation is 2. The van der Waals surface area contributed by atoms with Crippen LogP contribution in [0, 0.1) is 12.8 Å². The number of nitrogens with zero attached hydrogens (tertiary/aromatic N) is 2. The molecule has 1 aromatic heterocycles. The van der Waals surface area contributed by atoms with Crippen molar-refractivity contribution in [2.24, 2.45) is 5.92 Å². The summed E-state index contributed by atoms with van der Waals surface area (Å²) in [5.74, 6) is 2.28. The zero-order chi connectivity index (χ0) is 14.8. The maximum Gasteiger partial charge on any atom is 0.194 e. The number of oxazole rings is 1. The smallest absolute Gasteiger partial charge is 0.194 e. The van der Waals surface area contributed by atoms with Gasteiger partial charge >= 0.3 is 0 Å². The number of rotatable bonds is 6. The third-order valence-electron chi connectivity index (χ3n) is 3.68. The summed E-state index contributed by atoms with van der Waals surface area (Å²) in [5, 5.41) is 0. The van der Waals surface area contributed by atoms with Gasteiger partial charge in [0, 0.05) is 19.2 Å². The summed E-state index contributed by atoms with van der Waals surface area (Å²) in [4.78, 5) is 6.69. The standard InChI is InChI=1S/C14H24N2O3S/c1-4-5-14-15-11(2)13(19-14)9-16-7-6-12(8-16)10-20(3,17)18/h12H,4-10H2,1-3H3. The van der Waals surface area contributed by atoms with Crippen LogP contribution in [0.3, 0.4) is 0 Å². The van der Waals surface area contributed by atoms with Crippen LogP contribution < -0.4 is 0 Å². The van der Waals surface area contributed by atoms with Crippen LogP contribution in [0.25, 0.3) is 0 Å². The van der Waals surface area contributed by atoms with E-state index in [1.54, 1.807) is 0 Å². The summed E-state index contributed by atoms with van der Waals surface area (Å²) in [5.41, 5.74) is 0.958. The third kappa shape index (κ3) is 4.31. The van der Waals surface area contributed by atoms with Gasteiger partial charge in [-0.15, -0.1) is 0 Å². The van der Waals surface area contributed by atoms with Crippen molar-refractivity contribution in [2.75, 3.05) is 25.1 Å². The molecule has 1 aromatic rings. The Kier molecular flexibility index (Phi) is 4.86. The van der Waals surface area contributed by atoms with E-state index < -0.39 is 9.84 Å². The Bertz CT molecular complexity index is 551. The van der Waals surface area contributed by atoms with E-state index >= 15 is 0 Å². The minimum Gasteiger partial charge on any atom is -0.444 e. The van der Waals surface area contributed by atoms with Crippen molar-refractivity contribution in [1.29, 1.82) is 0 Å². The van der Waals surface area contributed by atoms with Crippen LogP contribution in [-0.4, -0.2) is 43.4 Å². The van der Waals surface area contributed by atoms with E-state index in [4.69, 9.17) is 4.42 Å². The van der Waals surface area contributed by atoms with Crippen molar-refractivity contribution >= 4 is 9.84 Å². The fourth-order valence-corrected chi connectivity index (χ4v) is 3.91. The number of likely N-dealkylation sites (tertiary alicyclic amines) is 1. The zero-order valence-corrected chi connectivity index (χ0v) is 13.4. The van der Waals surface area contributed by atoms with Crippen molar-refractivity contribution in [1.82, 2.24) is 9.88 Å². The number of hydrogen-bond donors (Lipinski definition) is 0.